The molecule has 0 aromatic heterocycles. The van der Waals surface area contributed by atoms with E-state index in [1.165, 1.54) is 11.3 Å². The summed E-state index contributed by atoms with van der Waals surface area (Å²) in [4.78, 5) is 2.46. The third kappa shape index (κ3) is 3.14. The number of nitrogens with zero attached hydrogens (tertiary/aromatic N) is 1. The van der Waals surface area contributed by atoms with E-state index in [-0.39, 0.29) is 0 Å². The topological polar surface area (TPSA) is 29.3 Å². The Bertz CT molecular complexity index is 401. The Morgan fingerprint density at radius 3 is 2.61 bits per heavy atom. The Morgan fingerprint density at radius 1 is 1.33 bits per heavy atom. The zero-order valence-electron chi connectivity index (χ0n) is 11.0. The predicted molar refractivity (Wildman–Crippen MR) is 82.9 cm³/mol. The van der Waals surface area contributed by atoms with E-state index in [9.17, 15) is 0 Å². The second-order valence-electron chi connectivity index (χ2n) is 4.94. The highest BCUT2D eigenvalue weighted by atomic mass is 35.5. The van der Waals surface area contributed by atoms with Crippen LogP contribution in [0, 0.1) is 0 Å². The molecule has 0 radical (unpaired) electrons. The van der Waals surface area contributed by atoms with Crippen LogP contribution in [0.4, 0.5) is 5.69 Å². The normalized spacial score (nSPS) is 24.3. The van der Waals surface area contributed by atoms with Gasteiger partial charge >= 0.3 is 0 Å². The van der Waals surface area contributed by atoms with Gasteiger partial charge in [0.1, 0.15) is 0 Å². The monoisotopic (exact) mass is 284 g/mol. The van der Waals surface area contributed by atoms with Gasteiger partial charge in [0.2, 0.25) is 0 Å². The number of halogens is 1. The largest absolute Gasteiger partial charge is 0.369 e. The fourth-order valence-corrected chi connectivity index (χ4v) is 4.20. The second kappa shape index (κ2) is 6.18. The lowest BCUT2D eigenvalue weighted by Gasteiger charge is -2.37. The number of thioether (sulfide) groups is 1. The Kier molecular flexibility index (Phi) is 4.82. The summed E-state index contributed by atoms with van der Waals surface area (Å²) >= 11 is 8.38. The van der Waals surface area contributed by atoms with Gasteiger partial charge < -0.3 is 10.6 Å². The molecular weight excluding hydrogens is 264 g/mol. The van der Waals surface area contributed by atoms with Crippen molar-refractivity contribution in [3.05, 3.63) is 28.8 Å². The molecule has 1 aliphatic rings. The van der Waals surface area contributed by atoms with E-state index in [4.69, 9.17) is 17.3 Å². The molecule has 2 nitrogen and oxygen atoms in total. The van der Waals surface area contributed by atoms with Gasteiger partial charge in [0, 0.05) is 34.3 Å². The Hall–Kier alpha value is -0.380. The van der Waals surface area contributed by atoms with Crippen molar-refractivity contribution in [1.82, 2.24) is 0 Å². The van der Waals surface area contributed by atoms with Crippen molar-refractivity contribution in [3.8, 4) is 0 Å². The molecular formula is C14H21ClN2S. The minimum Gasteiger partial charge on any atom is -0.369 e. The highest BCUT2D eigenvalue weighted by Gasteiger charge is 2.24. The molecule has 1 aliphatic heterocycles. The first kappa shape index (κ1) is 14.0. The van der Waals surface area contributed by atoms with E-state index in [0.29, 0.717) is 17.0 Å². The lowest BCUT2D eigenvalue weighted by atomic mass is 10.1. The van der Waals surface area contributed by atoms with Gasteiger partial charge in [-0.15, -0.1) is 0 Å². The average Bonchev–Trinajstić information content (AvgIpc) is 2.30. The molecule has 1 saturated heterocycles. The van der Waals surface area contributed by atoms with Gasteiger partial charge in [-0.25, -0.2) is 0 Å². The molecule has 1 fully saturated rings. The summed E-state index contributed by atoms with van der Waals surface area (Å²) in [6, 6.07) is 6.17. The van der Waals surface area contributed by atoms with Crippen molar-refractivity contribution in [2.75, 3.05) is 24.5 Å². The van der Waals surface area contributed by atoms with Crippen LogP contribution in [-0.4, -0.2) is 30.1 Å². The number of hydrogen-bond donors (Lipinski definition) is 1. The van der Waals surface area contributed by atoms with E-state index >= 15 is 0 Å². The Labute approximate surface area is 119 Å². The van der Waals surface area contributed by atoms with E-state index < -0.39 is 0 Å². The average molecular weight is 285 g/mol. The van der Waals surface area contributed by atoms with Crippen LogP contribution < -0.4 is 10.6 Å². The molecule has 0 saturated carbocycles. The van der Waals surface area contributed by atoms with Crippen LogP contribution in [0.2, 0.25) is 5.02 Å². The zero-order valence-corrected chi connectivity index (χ0v) is 12.6. The molecule has 2 unspecified atom stereocenters. The summed E-state index contributed by atoms with van der Waals surface area (Å²) in [7, 11) is 0. The van der Waals surface area contributed by atoms with Crippen molar-refractivity contribution in [1.29, 1.82) is 0 Å². The molecule has 2 N–H and O–H groups in total. The van der Waals surface area contributed by atoms with Crippen LogP contribution in [-0.2, 0) is 6.42 Å². The maximum atomic E-state index is 6.31. The van der Waals surface area contributed by atoms with Crippen molar-refractivity contribution in [3.63, 3.8) is 0 Å². The number of benzene rings is 1. The van der Waals surface area contributed by atoms with Crippen LogP contribution in [0.5, 0.6) is 0 Å². The fraction of sp³-hybridized carbons (Fsp3) is 0.571. The predicted octanol–water partition coefficient (Wildman–Crippen LogP) is 3.17. The molecule has 1 aromatic rings. The minimum absolute atomic E-state index is 0.643. The quantitative estimate of drug-likeness (QED) is 0.924. The standard InChI is InChI=1S/C14H21ClN2S/c1-10-8-17(9-11(2)18-10)14-5-3-4-13(15)12(14)6-7-16/h3-5,10-11H,6-9,16H2,1-2H3. The summed E-state index contributed by atoms with van der Waals surface area (Å²) in [5.41, 5.74) is 8.17. The van der Waals surface area contributed by atoms with Gasteiger partial charge in [0.25, 0.3) is 0 Å². The first-order valence-electron chi connectivity index (χ1n) is 6.49. The molecule has 4 heteroatoms. The molecule has 0 bridgehead atoms. The molecule has 18 heavy (non-hydrogen) atoms. The lowest BCUT2D eigenvalue weighted by Crippen LogP contribution is -2.41. The third-order valence-electron chi connectivity index (χ3n) is 3.25. The van der Waals surface area contributed by atoms with Gasteiger partial charge in [-0.1, -0.05) is 31.5 Å². The number of hydrogen-bond acceptors (Lipinski definition) is 3. The fourth-order valence-electron chi connectivity index (χ4n) is 2.61. The van der Waals surface area contributed by atoms with E-state index in [1.807, 2.05) is 12.1 Å². The van der Waals surface area contributed by atoms with Crippen molar-refractivity contribution < 1.29 is 0 Å². The molecule has 2 rings (SSSR count). The first-order chi connectivity index (χ1) is 8.61. The highest BCUT2D eigenvalue weighted by molar-refractivity contribution is 8.00. The molecule has 100 valence electrons. The van der Waals surface area contributed by atoms with Crippen LogP contribution in [0.1, 0.15) is 19.4 Å². The molecule has 1 aromatic carbocycles. The first-order valence-corrected chi connectivity index (χ1v) is 7.81. The van der Waals surface area contributed by atoms with Crippen molar-refractivity contribution in [2.45, 2.75) is 30.8 Å². The summed E-state index contributed by atoms with van der Waals surface area (Å²) in [6.07, 6.45) is 0.849. The van der Waals surface area contributed by atoms with Crippen molar-refractivity contribution in [2.24, 2.45) is 5.73 Å². The molecule has 0 aliphatic carbocycles. The number of anilines is 1. The van der Waals surface area contributed by atoms with E-state index in [1.54, 1.807) is 0 Å². The smallest absolute Gasteiger partial charge is 0.0459 e. The molecule has 1 heterocycles. The Morgan fingerprint density at radius 2 is 2.00 bits per heavy atom. The Balaban J connectivity index is 2.29. The number of nitrogens with two attached hydrogens (primary N) is 1. The molecule has 0 amide bonds. The van der Waals surface area contributed by atoms with Crippen molar-refractivity contribution >= 4 is 29.1 Å². The zero-order chi connectivity index (χ0) is 13.1. The summed E-state index contributed by atoms with van der Waals surface area (Å²) < 4.78 is 0. The highest BCUT2D eigenvalue weighted by Crippen LogP contribution is 2.33. The molecule has 2 atom stereocenters. The molecule has 0 spiro atoms. The number of rotatable bonds is 3. The van der Waals surface area contributed by atoms with Crippen LogP contribution in [0.25, 0.3) is 0 Å². The van der Waals surface area contributed by atoms with Gasteiger partial charge in [-0.05, 0) is 30.7 Å². The summed E-state index contributed by atoms with van der Waals surface area (Å²) in [5.74, 6) is 0. The van der Waals surface area contributed by atoms with Gasteiger partial charge in [-0.3, -0.25) is 0 Å². The van der Waals surface area contributed by atoms with E-state index in [2.05, 4.69) is 36.6 Å². The maximum Gasteiger partial charge on any atom is 0.0459 e. The second-order valence-corrected chi connectivity index (χ2v) is 7.23. The summed E-state index contributed by atoms with van der Waals surface area (Å²) in [6.45, 7) is 7.41. The van der Waals surface area contributed by atoms with E-state index in [0.717, 1.165) is 24.5 Å². The van der Waals surface area contributed by atoms with Crippen LogP contribution in [0.3, 0.4) is 0 Å². The minimum atomic E-state index is 0.643. The lowest BCUT2D eigenvalue weighted by molar-refractivity contribution is 0.723. The maximum absolute atomic E-state index is 6.31. The summed E-state index contributed by atoms with van der Waals surface area (Å²) in [5, 5.41) is 2.17. The third-order valence-corrected chi connectivity index (χ3v) is 4.83. The van der Waals surface area contributed by atoms with Crippen LogP contribution >= 0.6 is 23.4 Å². The van der Waals surface area contributed by atoms with Crippen LogP contribution in [0.15, 0.2) is 18.2 Å². The van der Waals surface area contributed by atoms with Gasteiger partial charge in [0.15, 0.2) is 0 Å². The van der Waals surface area contributed by atoms with Gasteiger partial charge in [-0.2, -0.15) is 11.8 Å². The van der Waals surface area contributed by atoms with Gasteiger partial charge in [0.05, 0.1) is 0 Å². The SMILES string of the molecule is CC1CN(c2cccc(Cl)c2CCN)CC(C)S1.